The molecule has 1 saturated heterocycles. The van der Waals surface area contributed by atoms with E-state index in [0.717, 1.165) is 11.6 Å². The van der Waals surface area contributed by atoms with E-state index < -0.39 is 5.54 Å². The highest BCUT2D eigenvalue weighted by Crippen LogP contribution is 2.28. The van der Waals surface area contributed by atoms with Crippen LogP contribution in [-0.4, -0.2) is 40.6 Å². The number of aliphatic imine (C=N–C) groups is 1. The molecule has 134 valence electrons. The number of amidine groups is 1. The lowest BCUT2D eigenvalue weighted by molar-refractivity contribution is 0.205. The molecule has 0 saturated carbocycles. The van der Waals surface area contributed by atoms with Crippen LogP contribution in [0.2, 0.25) is 0 Å². The summed E-state index contributed by atoms with van der Waals surface area (Å²) in [6, 6.07) is 11.9. The smallest absolute Gasteiger partial charge is 0.176 e. The second-order valence-corrected chi connectivity index (χ2v) is 8.10. The Bertz CT molecular complexity index is 686. The molecule has 0 unspecified atom stereocenters. The SMILES string of the molecule is CC(C)(C)[C@H](COc1ccccc1)N=C1NC(=S)N(CC#N)C1(C)C. The summed E-state index contributed by atoms with van der Waals surface area (Å²) in [5.41, 5.74) is -0.521. The summed E-state index contributed by atoms with van der Waals surface area (Å²) < 4.78 is 5.94. The van der Waals surface area contributed by atoms with E-state index >= 15 is 0 Å². The Morgan fingerprint density at radius 1 is 1.32 bits per heavy atom. The number of nitriles is 1. The van der Waals surface area contributed by atoms with Gasteiger partial charge in [-0.25, -0.2) is 0 Å². The van der Waals surface area contributed by atoms with Gasteiger partial charge in [-0.2, -0.15) is 5.26 Å². The Labute approximate surface area is 155 Å². The van der Waals surface area contributed by atoms with Crippen molar-refractivity contribution >= 4 is 23.2 Å². The summed E-state index contributed by atoms with van der Waals surface area (Å²) in [5, 5.41) is 12.8. The Morgan fingerprint density at radius 2 is 1.96 bits per heavy atom. The van der Waals surface area contributed by atoms with Gasteiger partial charge < -0.3 is 15.0 Å². The monoisotopic (exact) mass is 358 g/mol. The molecule has 0 radical (unpaired) electrons. The number of rotatable bonds is 5. The number of ether oxygens (including phenoxy) is 1. The Hall–Kier alpha value is -2.13. The van der Waals surface area contributed by atoms with Crippen LogP contribution < -0.4 is 10.1 Å². The average molecular weight is 359 g/mol. The average Bonchev–Trinajstić information content (AvgIpc) is 2.74. The molecule has 6 heteroatoms. The van der Waals surface area contributed by atoms with Crippen LogP contribution in [0.5, 0.6) is 5.75 Å². The Balaban J connectivity index is 2.23. The second kappa shape index (κ2) is 7.40. The van der Waals surface area contributed by atoms with Gasteiger partial charge in [0, 0.05) is 0 Å². The summed E-state index contributed by atoms with van der Waals surface area (Å²) >= 11 is 5.37. The summed E-state index contributed by atoms with van der Waals surface area (Å²) in [7, 11) is 0. The third kappa shape index (κ3) is 4.49. The van der Waals surface area contributed by atoms with Crippen LogP contribution in [0.3, 0.4) is 0 Å². The summed E-state index contributed by atoms with van der Waals surface area (Å²) in [6.45, 7) is 11.2. The summed E-state index contributed by atoms with van der Waals surface area (Å²) in [4.78, 5) is 6.80. The van der Waals surface area contributed by atoms with E-state index in [0.29, 0.717) is 11.7 Å². The van der Waals surface area contributed by atoms with E-state index in [1.807, 2.05) is 49.1 Å². The molecule has 1 aromatic carbocycles. The molecule has 1 aromatic rings. The molecule has 1 heterocycles. The van der Waals surface area contributed by atoms with Gasteiger partial charge in [-0.05, 0) is 43.6 Å². The van der Waals surface area contributed by atoms with Gasteiger partial charge in [0.2, 0.25) is 0 Å². The van der Waals surface area contributed by atoms with Crippen LogP contribution in [-0.2, 0) is 0 Å². The number of para-hydroxylation sites is 1. The third-order valence-electron chi connectivity index (χ3n) is 4.39. The molecule has 1 N–H and O–H groups in total. The van der Waals surface area contributed by atoms with Crippen LogP contribution in [0.4, 0.5) is 0 Å². The number of thiocarbonyl (C=S) groups is 1. The van der Waals surface area contributed by atoms with Crippen molar-refractivity contribution in [3.8, 4) is 11.8 Å². The fourth-order valence-corrected chi connectivity index (χ4v) is 2.95. The first-order valence-corrected chi connectivity index (χ1v) is 8.79. The minimum absolute atomic E-state index is 0.0562. The van der Waals surface area contributed by atoms with E-state index in [1.165, 1.54) is 0 Å². The van der Waals surface area contributed by atoms with Gasteiger partial charge in [0.1, 0.15) is 24.7 Å². The van der Waals surface area contributed by atoms with E-state index in [9.17, 15) is 0 Å². The van der Waals surface area contributed by atoms with Gasteiger partial charge in [0.15, 0.2) is 5.11 Å². The second-order valence-electron chi connectivity index (χ2n) is 7.72. The third-order valence-corrected chi connectivity index (χ3v) is 4.71. The van der Waals surface area contributed by atoms with Crippen LogP contribution in [0.15, 0.2) is 35.3 Å². The number of hydrogen-bond donors (Lipinski definition) is 1. The minimum atomic E-state index is -0.441. The Kier molecular flexibility index (Phi) is 5.69. The first kappa shape index (κ1) is 19.2. The van der Waals surface area contributed by atoms with Gasteiger partial charge in [-0.3, -0.25) is 4.99 Å². The molecule has 1 fully saturated rings. The lowest BCUT2D eigenvalue weighted by Gasteiger charge is -2.32. The van der Waals surface area contributed by atoms with Crippen molar-refractivity contribution in [1.29, 1.82) is 5.26 Å². The maximum absolute atomic E-state index is 9.05. The van der Waals surface area contributed by atoms with Gasteiger partial charge >= 0.3 is 0 Å². The van der Waals surface area contributed by atoms with Crippen LogP contribution in [0.1, 0.15) is 34.6 Å². The molecule has 0 amide bonds. The van der Waals surface area contributed by atoms with E-state index in [1.54, 1.807) is 0 Å². The van der Waals surface area contributed by atoms with Crippen molar-refractivity contribution in [2.45, 2.75) is 46.2 Å². The van der Waals surface area contributed by atoms with Gasteiger partial charge in [-0.1, -0.05) is 39.0 Å². The predicted molar refractivity (Wildman–Crippen MR) is 105 cm³/mol. The topological polar surface area (TPSA) is 60.6 Å². The number of nitrogens with zero attached hydrogens (tertiary/aromatic N) is 3. The number of nitrogens with one attached hydrogen (secondary N) is 1. The Morgan fingerprint density at radius 3 is 2.52 bits per heavy atom. The molecule has 1 aliphatic heterocycles. The molecule has 1 atom stereocenters. The highest BCUT2D eigenvalue weighted by atomic mass is 32.1. The summed E-state index contributed by atoms with van der Waals surface area (Å²) in [5.74, 6) is 1.61. The zero-order valence-electron chi connectivity index (χ0n) is 15.5. The van der Waals surface area contributed by atoms with Crippen molar-refractivity contribution in [2.24, 2.45) is 10.4 Å². The molecule has 5 nitrogen and oxygen atoms in total. The number of hydrogen-bond acceptors (Lipinski definition) is 4. The van der Waals surface area contributed by atoms with Crippen molar-refractivity contribution in [3.05, 3.63) is 30.3 Å². The maximum atomic E-state index is 9.05. The molecular formula is C19H26N4OS. The van der Waals surface area contributed by atoms with Gasteiger partial charge in [-0.15, -0.1) is 0 Å². The molecule has 1 aliphatic rings. The quantitative estimate of drug-likeness (QED) is 0.646. The fraction of sp³-hybridized carbons (Fsp3) is 0.526. The molecular weight excluding hydrogens is 332 g/mol. The van der Waals surface area contributed by atoms with Crippen LogP contribution in [0, 0.1) is 16.7 Å². The first-order valence-electron chi connectivity index (χ1n) is 8.38. The van der Waals surface area contributed by atoms with Crippen molar-refractivity contribution in [1.82, 2.24) is 10.2 Å². The molecule has 2 rings (SSSR count). The normalized spacial score (nSPS) is 19.4. The minimum Gasteiger partial charge on any atom is -0.491 e. The zero-order valence-corrected chi connectivity index (χ0v) is 16.4. The standard InChI is InChI=1S/C19H26N4OS/c1-18(2,3)15(13-24-14-9-7-6-8-10-14)21-16-19(4,5)23(12-11-20)17(25)22-16/h6-10,15H,12-13H2,1-5H3,(H,21,22,25)/t15-/m0/s1. The number of benzene rings is 1. The predicted octanol–water partition coefficient (Wildman–Crippen LogP) is 3.37. The maximum Gasteiger partial charge on any atom is 0.176 e. The van der Waals surface area contributed by atoms with E-state index in [-0.39, 0.29) is 18.0 Å². The highest BCUT2D eigenvalue weighted by molar-refractivity contribution is 7.80. The first-order chi connectivity index (χ1) is 11.7. The molecule has 0 bridgehead atoms. The zero-order chi connectivity index (χ0) is 18.7. The van der Waals surface area contributed by atoms with E-state index in [4.69, 9.17) is 27.2 Å². The molecule has 25 heavy (non-hydrogen) atoms. The van der Waals surface area contributed by atoms with Crippen LogP contribution >= 0.6 is 12.2 Å². The molecule has 0 spiro atoms. The van der Waals surface area contributed by atoms with Crippen molar-refractivity contribution < 1.29 is 4.74 Å². The van der Waals surface area contributed by atoms with Gasteiger partial charge in [0.05, 0.1) is 17.6 Å². The van der Waals surface area contributed by atoms with Gasteiger partial charge in [0.25, 0.3) is 0 Å². The lowest BCUT2D eigenvalue weighted by Crippen LogP contribution is -2.45. The van der Waals surface area contributed by atoms with E-state index in [2.05, 4.69) is 32.2 Å². The lowest BCUT2D eigenvalue weighted by atomic mass is 9.87. The van der Waals surface area contributed by atoms with Crippen LogP contribution in [0.25, 0.3) is 0 Å². The van der Waals surface area contributed by atoms with Crippen molar-refractivity contribution in [3.63, 3.8) is 0 Å². The highest BCUT2D eigenvalue weighted by Gasteiger charge is 2.42. The summed E-state index contributed by atoms with van der Waals surface area (Å²) in [6.07, 6.45) is 0. The largest absolute Gasteiger partial charge is 0.491 e. The molecule has 0 aromatic heterocycles. The fourth-order valence-electron chi connectivity index (χ4n) is 2.56. The molecule has 0 aliphatic carbocycles. The van der Waals surface area contributed by atoms with Crippen molar-refractivity contribution in [2.75, 3.05) is 13.2 Å².